The number of hydrogen-bond donors (Lipinski definition) is 1. The van der Waals surface area contributed by atoms with Gasteiger partial charge in [-0.25, -0.2) is 5.48 Å². The monoisotopic (exact) mass is 129 g/mol. The van der Waals surface area contributed by atoms with Crippen molar-refractivity contribution in [1.82, 2.24) is 5.48 Å². The normalized spacial score (nSPS) is 10.0. The maximum absolute atomic E-state index is 10.5. The summed E-state index contributed by atoms with van der Waals surface area (Å²) in [4.78, 5) is 14.9. The average molecular weight is 129 g/mol. The van der Waals surface area contributed by atoms with Crippen molar-refractivity contribution in [3.8, 4) is 0 Å². The summed E-state index contributed by atoms with van der Waals surface area (Å²) in [5.74, 6) is -0.129. The highest BCUT2D eigenvalue weighted by molar-refractivity contribution is 5.76. The van der Waals surface area contributed by atoms with Crippen LogP contribution in [0.15, 0.2) is 12.2 Å². The van der Waals surface area contributed by atoms with Crippen LogP contribution in [-0.2, 0) is 9.63 Å². The molecule has 1 N–H and O–H groups in total. The van der Waals surface area contributed by atoms with Gasteiger partial charge < -0.3 is 0 Å². The average Bonchev–Trinajstić information content (AvgIpc) is 1.85. The van der Waals surface area contributed by atoms with Crippen molar-refractivity contribution in [2.45, 2.75) is 13.3 Å². The molecule has 3 nitrogen and oxygen atoms in total. The van der Waals surface area contributed by atoms with Gasteiger partial charge in [0.05, 0.1) is 7.11 Å². The van der Waals surface area contributed by atoms with E-state index < -0.39 is 0 Å². The Labute approximate surface area is 54.7 Å². The fourth-order valence-electron chi connectivity index (χ4n) is 0.380. The molecule has 0 spiro atoms. The summed E-state index contributed by atoms with van der Waals surface area (Å²) in [6, 6.07) is 0. The summed E-state index contributed by atoms with van der Waals surface area (Å²) in [5.41, 5.74) is 2.19. The van der Waals surface area contributed by atoms with Gasteiger partial charge in [-0.05, 0) is 6.92 Å². The molecule has 0 heterocycles. The lowest BCUT2D eigenvalue weighted by atomic mass is 10.4. The second-order valence-electron chi connectivity index (χ2n) is 1.50. The second-order valence-corrected chi connectivity index (χ2v) is 1.50. The summed E-state index contributed by atoms with van der Waals surface area (Å²) in [5, 5.41) is 0. The lowest BCUT2D eigenvalue weighted by molar-refractivity contribution is -0.130. The highest BCUT2D eigenvalue weighted by Gasteiger charge is 1.92. The van der Waals surface area contributed by atoms with Crippen molar-refractivity contribution in [3.63, 3.8) is 0 Å². The summed E-state index contributed by atoms with van der Waals surface area (Å²) in [6.07, 6.45) is 3.95. The first kappa shape index (κ1) is 8.17. The SMILES string of the molecule is C/C=C\CC(=O)NOC. The van der Waals surface area contributed by atoms with E-state index in [1.54, 1.807) is 6.08 Å². The minimum atomic E-state index is -0.129. The van der Waals surface area contributed by atoms with E-state index in [2.05, 4.69) is 10.3 Å². The van der Waals surface area contributed by atoms with E-state index in [1.165, 1.54) is 7.11 Å². The van der Waals surface area contributed by atoms with Gasteiger partial charge in [-0.3, -0.25) is 9.63 Å². The number of nitrogens with one attached hydrogen (secondary N) is 1. The van der Waals surface area contributed by atoms with Crippen LogP contribution in [0.3, 0.4) is 0 Å². The molecule has 0 bridgehead atoms. The van der Waals surface area contributed by atoms with Gasteiger partial charge in [-0.1, -0.05) is 12.2 Å². The minimum Gasteiger partial charge on any atom is -0.277 e. The second kappa shape index (κ2) is 5.31. The van der Waals surface area contributed by atoms with Crippen molar-refractivity contribution in [1.29, 1.82) is 0 Å². The summed E-state index contributed by atoms with van der Waals surface area (Å²) in [6.45, 7) is 1.86. The predicted molar refractivity (Wildman–Crippen MR) is 34.6 cm³/mol. The van der Waals surface area contributed by atoms with Gasteiger partial charge in [0.25, 0.3) is 0 Å². The lowest BCUT2D eigenvalue weighted by Gasteiger charge is -1.95. The number of carbonyl (C=O) groups excluding carboxylic acids is 1. The Morgan fingerprint density at radius 3 is 2.89 bits per heavy atom. The van der Waals surface area contributed by atoms with Crippen LogP contribution >= 0.6 is 0 Å². The Kier molecular flexibility index (Phi) is 4.82. The molecule has 0 aliphatic carbocycles. The molecular weight excluding hydrogens is 118 g/mol. The number of amides is 1. The summed E-state index contributed by atoms with van der Waals surface area (Å²) in [7, 11) is 1.41. The molecule has 52 valence electrons. The van der Waals surface area contributed by atoms with Gasteiger partial charge in [0, 0.05) is 6.42 Å². The molecule has 3 heteroatoms. The van der Waals surface area contributed by atoms with Crippen molar-refractivity contribution in [2.24, 2.45) is 0 Å². The van der Waals surface area contributed by atoms with Crippen LogP contribution in [0.2, 0.25) is 0 Å². The lowest BCUT2D eigenvalue weighted by Crippen LogP contribution is -2.20. The fraction of sp³-hybridized carbons (Fsp3) is 0.500. The number of carbonyl (C=O) groups is 1. The molecule has 0 fully saturated rings. The van der Waals surface area contributed by atoms with E-state index in [1.807, 2.05) is 13.0 Å². The Morgan fingerprint density at radius 1 is 1.78 bits per heavy atom. The molecule has 0 aliphatic heterocycles. The van der Waals surface area contributed by atoms with Gasteiger partial charge in [-0.2, -0.15) is 0 Å². The van der Waals surface area contributed by atoms with E-state index >= 15 is 0 Å². The zero-order valence-electron chi connectivity index (χ0n) is 5.68. The Morgan fingerprint density at radius 2 is 2.44 bits per heavy atom. The molecule has 0 radical (unpaired) electrons. The summed E-state index contributed by atoms with van der Waals surface area (Å²) < 4.78 is 0. The number of rotatable bonds is 3. The largest absolute Gasteiger partial charge is 0.277 e. The third-order valence-corrected chi connectivity index (χ3v) is 0.755. The highest BCUT2D eigenvalue weighted by Crippen LogP contribution is 1.80. The Hall–Kier alpha value is -0.830. The number of hydroxylamine groups is 1. The van der Waals surface area contributed by atoms with Crippen molar-refractivity contribution in [3.05, 3.63) is 12.2 Å². The first-order chi connectivity index (χ1) is 4.31. The molecule has 9 heavy (non-hydrogen) atoms. The molecule has 0 aromatic rings. The maximum atomic E-state index is 10.5. The molecule has 0 saturated carbocycles. The van der Waals surface area contributed by atoms with Gasteiger partial charge >= 0.3 is 0 Å². The van der Waals surface area contributed by atoms with Crippen LogP contribution in [-0.4, -0.2) is 13.0 Å². The smallest absolute Gasteiger partial charge is 0.247 e. The zero-order valence-corrected chi connectivity index (χ0v) is 5.68. The highest BCUT2D eigenvalue weighted by atomic mass is 16.6. The van der Waals surface area contributed by atoms with E-state index in [0.29, 0.717) is 6.42 Å². The Balaban J connectivity index is 3.27. The molecule has 1 amide bonds. The molecule has 0 atom stereocenters. The fourth-order valence-corrected chi connectivity index (χ4v) is 0.380. The predicted octanol–water partition coefficient (Wildman–Crippen LogP) is 0.630. The quantitative estimate of drug-likeness (QED) is 0.448. The van der Waals surface area contributed by atoms with Crippen LogP contribution in [0.4, 0.5) is 0 Å². The van der Waals surface area contributed by atoms with Gasteiger partial charge in [0.2, 0.25) is 5.91 Å². The third-order valence-electron chi connectivity index (χ3n) is 0.755. The van der Waals surface area contributed by atoms with E-state index in [-0.39, 0.29) is 5.91 Å². The van der Waals surface area contributed by atoms with Crippen molar-refractivity contribution >= 4 is 5.91 Å². The molecule has 0 unspecified atom stereocenters. The van der Waals surface area contributed by atoms with Crippen LogP contribution in [0, 0.1) is 0 Å². The Bertz CT molecular complexity index is 110. The standard InChI is InChI=1S/C6H11NO2/c1-3-4-5-6(8)7-9-2/h3-4H,5H2,1-2H3,(H,7,8)/b4-3-. The maximum Gasteiger partial charge on any atom is 0.247 e. The number of allylic oxidation sites excluding steroid dienone is 1. The summed E-state index contributed by atoms with van der Waals surface area (Å²) >= 11 is 0. The van der Waals surface area contributed by atoms with Gasteiger partial charge in [-0.15, -0.1) is 0 Å². The van der Waals surface area contributed by atoms with Gasteiger partial charge in [0.15, 0.2) is 0 Å². The molecule has 0 aromatic heterocycles. The van der Waals surface area contributed by atoms with Crippen LogP contribution in [0.1, 0.15) is 13.3 Å². The van der Waals surface area contributed by atoms with Crippen LogP contribution < -0.4 is 5.48 Å². The first-order valence-corrected chi connectivity index (χ1v) is 2.74. The molecule has 0 rings (SSSR count). The molecule has 0 aliphatic rings. The molecule has 0 saturated heterocycles. The van der Waals surface area contributed by atoms with E-state index in [0.717, 1.165) is 0 Å². The van der Waals surface area contributed by atoms with Crippen LogP contribution in [0.25, 0.3) is 0 Å². The molecule has 0 aromatic carbocycles. The first-order valence-electron chi connectivity index (χ1n) is 2.74. The number of hydrogen-bond acceptors (Lipinski definition) is 2. The van der Waals surface area contributed by atoms with Gasteiger partial charge in [0.1, 0.15) is 0 Å². The topological polar surface area (TPSA) is 38.3 Å². The van der Waals surface area contributed by atoms with Crippen molar-refractivity contribution in [2.75, 3.05) is 7.11 Å². The van der Waals surface area contributed by atoms with E-state index in [4.69, 9.17) is 0 Å². The minimum absolute atomic E-state index is 0.129. The molecular formula is C6H11NO2. The van der Waals surface area contributed by atoms with E-state index in [9.17, 15) is 4.79 Å². The third kappa shape index (κ3) is 5.03. The zero-order chi connectivity index (χ0) is 7.11. The van der Waals surface area contributed by atoms with Crippen molar-refractivity contribution < 1.29 is 9.63 Å². The van der Waals surface area contributed by atoms with Crippen LogP contribution in [0.5, 0.6) is 0 Å².